The van der Waals surface area contributed by atoms with Crippen molar-refractivity contribution < 1.29 is 9.84 Å². The van der Waals surface area contributed by atoms with Gasteiger partial charge in [-0.05, 0) is 57.5 Å². The first-order valence-corrected chi connectivity index (χ1v) is 10.5. The van der Waals surface area contributed by atoms with Gasteiger partial charge in [0, 0.05) is 21.7 Å². The number of hydrogen-bond donors (Lipinski definition) is 2. The standard InChI is InChI=1S/C23H24Cl2N2O2/c1-13-12-18(25)16-8-9-17-20(26-11-10-14-4-6-15(24)7-5-14)22(28)23(2,3)29-21(17)19(16)27-13/h4-9,12,20,22,26,28H,10-11H2,1-3H3. The zero-order valence-corrected chi connectivity index (χ0v) is 18.2. The number of benzene rings is 2. The summed E-state index contributed by atoms with van der Waals surface area (Å²) in [7, 11) is 0. The molecule has 6 heteroatoms. The molecule has 2 atom stereocenters. The number of aryl methyl sites for hydroxylation is 1. The van der Waals surface area contributed by atoms with E-state index in [4.69, 9.17) is 27.9 Å². The minimum Gasteiger partial charge on any atom is -0.482 e. The lowest BCUT2D eigenvalue weighted by atomic mass is 9.85. The molecule has 0 fully saturated rings. The van der Waals surface area contributed by atoms with Crippen molar-refractivity contribution in [1.82, 2.24) is 10.3 Å². The molecule has 0 radical (unpaired) electrons. The number of fused-ring (bicyclic) bond motifs is 3. The van der Waals surface area contributed by atoms with Gasteiger partial charge in [-0.15, -0.1) is 0 Å². The Hall–Kier alpha value is -1.85. The number of ether oxygens (including phenoxy) is 1. The maximum atomic E-state index is 11.0. The van der Waals surface area contributed by atoms with Crippen molar-refractivity contribution in [1.29, 1.82) is 0 Å². The van der Waals surface area contributed by atoms with Gasteiger partial charge in [0.15, 0.2) is 5.75 Å². The number of nitrogens with zero attached hydrogens (tertiary/aromatic N) is 1. The van der Waals surface area contributed by atoms with Crippen LogP contribution in [0, 0.1) is 6.92 Å². The normalized spacial score (nSPS) is 20.3. The summed E-state index contributed by atoms with van der Waals surface area (Å²) in [5.74, 6) is 0.687. The quantitative estimate of drug-likeness (QED) is 0.592. The van der Waals surface area contributed by atoms with E-state index in [9.17, 15) is 5.11 Å². The molecule has 4 nitrogen and oxygen atoms in total. The van der Waals surface area contributed by atoms with Gasteiger partial charge in [-0.2, -0.15) is 0 Å². The summed E-state index contributed by atoms with van der Waals surface area (Å²) in [4.78, 5) is 4.68. The van der Waals surface area contributed by atoms with Crippen LogP contribution in [0.1, 0.15) is 36.7 Å². The maximum Gasteiger partial charge on any atom is 0.151 e. The third-order valence-electron chi connectivity index (χ3n) is 5.46. The second kappa shape index (κ2) is 7.77. The molecule has 0 saturated heterocycles. The number of halogens is 2. The maximum absolute atomic E-state index is 11.0. The molecular weight excluding hydrogens is 407 g/mol. The SMILES string of the molecule is Cc1cc(Cl)c2ccc3c(c2n1)OC(C)(C)C(O)C3NCCc1ccc(Cl)cc1. The van der Waals surface area contributed by atoms with Gasteiger partial charge in [-0.25, -0.2) is 4.98 Å². The largest absolute Gasteiger partial charge is 0.482 e. The molecule has 0 aliphatic carbocycles. The molecule has 2 aromatic carbocycles. The number of hydrogen-bond acceptors (Lipinski definition) is 4. The van der Waals surface area contributed by atoms with E-state index in [0.29, 0.717) is 17.3 Å². The highest BCUT2D eigenvalue weighted by molar-refractivity contribution is 6.35. The summed E-state index contributed by atoms with van der Waals surface area (Å²) in [6, 6.07) is 13.3. The molecule has 0 bridgehead atoms. The molecule has 1 aliphatic heterocycles. The number of rotatable bonds is 4. The fourth-order valence-corrected chi connectivity index (χ4v) is 4.29. The van der Waals surface area contributed by atoms with E-state index in [-0.39, 0.29) is 6.04 Å². The molecule has 29 heavy (non-hydrogen) atoms. The average molecular weight is 431 g/mol. The molecule has 1 aromatic heterocycles. The smallest absolute Gasteiger partial charge is 0.151 e. The number of nitrogens with one attached hydrogen (secondary N) is 1. The minimum absolute atomic E-state index is 0.272. The molecule has 0 spiro atoms. The van der Waals surface area contributed by atoms with Crippen LogP contribution < -0.4 is 10.1 Å². The Morgan fingerprint density at radius 3 is 2.59 bits per heavy atom. The molecule has 0 saturated carbocycles. The molecule has 2 heterocycles. The Kier molecular flexibility index (Phi) is 5.47. The monoisotopic (exact) mass is 430 g/mol. The molecule has 2 N–H and O–H groups in total. The highest BCUT2D eigenvalue weighted by atomic mass is 35.5. The summed E-state index contributed by atoms with van der Waals surface area (Å²) in [5.41, 5.74) is 2.88. The van der Waals surface area contributed by atoms with Crippen LogP contribution >= 0.6 is 23.2 Å². The van der Waals surface area contributed by atoms with E-state index in [0.717, 1.165) is 33.6 Å². The van der Waals surface area contributed by atoms with Crippen LogP contribution in [0.4, 0.5) is 0 Å². The first-order chi connectivity index (χ1) is 13.8. The third kappa shape index (κ3) is 3.95. The summed E-state index contributed by atoms with van der Waals surface area (Å²) >= 11 is 12.4. The van der Waals surface area contributed by atoms with Crippen molar-refractivity contribution >= 4 is 34.1 Å². The number of pyridine rings is 1. The van der Waals surface area contributed by atoms with Gasteiger partial charge in [0.05, 0.1) is 11.1 Å². The first-order valence-electron chi connectivity index (χ1n) is 9.71. The summed E-state index contributed by atoms with van der Waals surface area (Å²) in [6.45, 7) is 6.41. The van der Waals surface area contributed by atoms with E-state index in [1.165, 1.54) is 5.56 Å². The van der Waals surface area contributed by atoms with Crippen LogP contribution in [0.3, 0.4) is 0 Å². The van der Waals surface area contributed by atoms with E-state index in [1.807, 2.05) is 63.2 Å². The number of aliphatic hydroxyl groups excluding tert-OH is 1. The summed E-state index contributed by atoms with van der Waals surface area (Å²) in [6.07, 6.45) is 0.117. The minimum atomic E-state index is -0.767. The van der Waals surface area contributed by atoms with Crippen LogP contribution in [0.25, 0.3) is 10.9 Å². The Morgan fingerprint density at radius 1 is 1.14 bits per heavy atom. The van der Waals surface area contributed by atoms with Crippen LogP contribution in [0.2, 0.25) is 10.0 Å². The lowest BCUT2D eigenvalue weighted by Crippen LogP contribution is -2.52. The Balaban J connectivity index is 1.67. The van der Waals surface area contributed by atoms with E-state index in [2.05, 4.69) is 10.3 Å². The molecule has 1 aliphatic rings. The van der Waals surface area contributed by atoms with Gasteiger partial charge in [-0.3, -0.25) is 0 Å². The van der Waals surface area contributed by atoms with Crippen molar-refractivity contribution in [2.24, 2.45) is 0 Å². The van der Waals surface area contributed by atoms with Crippen molar-refractivity contribution in [3.05, 3.63) is 69.3 Å². The van der Waals surface area contributed by atoms with E-state index >= 15 is 0 Å². The van der Waals surface area contributed by atoms with Gasteiger partial charge >= 0.3 is 0 Å². The molecule has 3 aromatic rings. The van der Waals surface area contributed by atoms with E-state index in [1.54, 1.807) is 0 Å². The fraction of sp³-hybridized carbons (Fsp3) is 0.348. The summed E-state index contributed by atoms with van der Waals surface area (Å²) < 4.78 is 6.24. The molecule has 152 valence electrons. The zero-order valence-electron chi connectivity index (χ0n) is 16.7. The van der Waals surface area contributed by atoms with Crippen molar-refractivity contribution in [3.8, 4) is 5.75 Å². The van der Waals surface area contributed by atoms with Crippen molar-refractivity contribution in [3.63, 3.8) is 0 Å². The lowest BCUT2D eigenvalue weighted by Gasteiger charge is -2.42. The Bertz CT molecular complexity index is 1050. The average Bonchev–Trinajstić information content (AvgIpc) is 2.66. The van der Waals surface area contributed by atoms with E-state index < -0.39 is 11.7 Å². The van der Waals surface area contributed by atoms with Gasteiger partial charge < -0.3 is 15.2 Å². The highest BCUT2D eigenvalue weighted by Gasteiger charge is 2.43. The molecule has 0 amide bonds. The topological polar surface area (TPSA) is 54.4 Å². The van der Waals surface area contributed by atoms with Crippen LogP contribution in [-0.2, 0) is 6.42 Å². The van der Waals surface area contributed by atoms with Gasteiger partial charge in [0.1, 0.15) is 17.2 Å². The second-order valence-corrected chi connectivity index (χ2v) is 8.93. The van der Waals surface area contributed by atoms with Crippen molar-refractivity contribution in [2.45, 2.75) is 44.9 Å². The Labute approximate surface area is 180 Å². The predicted octanol–water partition coefficient (Wildman–Crippen LogP) is 5.26. The van der Waals surface area contributed by atoms with Crippen LogP contribution in [0.15, 0.2) is 42.5 Å². The molecule has 2 unspecified atom stereocenters. The fourth-order valence-electron chi connectivity index (χ4n) is 3.85. The predicted molar refractivity (Wildman–Crippen MR) is 118 cm³/mol. The lowest BCUT2D eigenvalue weighted by molar-refractivity contribution is -0.0634. The highest BCUT2D eigenvalue weighted by Crippen LogP contribution is 2.44. The van der Waals surface area contributed by atoms with Crippen molar-refractivity contribution in [2.75, 3.05) is 6.54 Å². The Morgan fingerprint density at radius 2 is 1.86 bits per heavy atom. The van der Waals surface area contributed by atoms with Gasteiger partial charge in [-0.1, -0.05) is 47.5 Å². The third-order valence-corrected chi connectivity index (χ3v) is 6.03. The van der Waals surface area contributed by atoms with Crippen LogP contribution in [-0.4, -0.2) is 28.3 Å². The number of aromatic nitrogens is 1. The zero-order chi connectivity index (χ0) is 20.8. The summed E-state index contributed by atoms with van der Waals surface area (Å²) in [5, 5.41) is 16.7. The van der Waals surface area contributed by atoms with Gasteiger partial charge in [0.2, 0.25) is 0 Å². The first kappa shape index (κ1) is 20.4. The number of aliphatic hydroxyl groups is 1. The molecule has 4 rings (SSSR count). The second-order valence-electron chi connectivity index (χ2n) is 8.08. The van der Waals surface area contributed by atoms with Gasteiger partial charge in [0.25, 0.3) is 0 Å². The molecular formula is C23H24Cl2N2O2. The van der Waals surface area contributed by atoms with Crippen LogP contribution in [0.5, 0.6) is 5.75 Å².